The maximum absolute atomic E-state index is 9.75. The maximum atomic E-state index is 9.75. The smallest absolute Gasteiger partial charge is 0.172 e. The third-order valence-corrected chi connectivity index (χ3v) is 1.11. The summed E-state index contributed by atoms with van der Waals surface area (Å²) in [6.07, 6.45) is 0. The summed E-state index contributed by atoms with van der Waals surface area (Å²) in [5, 5.41) is 0. The van der Waals surface area contributed by atoms with Crippen LogP contribution in [0.5, 0.6) is 0 Å². The Morgan fingerprint density at radius 3 is 1.00 bits per heavy atom. The van der Waals surface area contributed by atoms with Crippen molar-refractivity contribution in [2.75, 3.05) is 0 Å². The fourth-order valence-electron chi connectivity index (χ4n) is 0.642. The molecule has 0 nitrogen and oxygen atoms in total. The van der Waals surface area contributed by atoms with Crippen LogP contribution in [0.2, 0.25) is 0 Å². The van der Waals surface area contributed by atoms with Gasteiger partial charge in [-0.25, -0.2) is 24.3 Å². The average Bonchev–Trinajstić information content (AvgIpc) is 2.85. The molecule has 0 aromatic heterocycles. The Labute approximate surface area is 87.2 Å². The second-order valence-electron chi connectivity index (χ2n) is 2.00. The predicted molar refractivity (Wildman–Crippen MR) is 46.3 cm³/mol. The van der Waals surface area contributed by atoms with Crippen molar-refractivity contribution in [3.63, 3.8) is 0 Å². The Morgan fingerprint density at radius 1 is 0.692 bits per heavy atom. The van der Waals surface area contributed by atoms with Crippen molar-refractivity contribution >= 4 is 0 Å². The molecule has 0 aliphatic heterocycles. The van der Waals surface area contributed by atoms with Gasteiger partial charge >= 0.3 is 26.4 Å². The molecule has 0 amide bonds. The Balaban J connectivity index is 0.000000174. The minimum absolute atomic E-state index is 2.00. The van der Waals surface area contributed by atoms with Crippen molar-refractivity contribution < 1.29 is 26.4 Å². The first-order valence-corrected chi connectivity index (χ1v) is 4.89. The van der Waals surface area contributed by atoms with Crippen LogP contribution in [0, 0.1) is 0 Å². The van der Waals surface area contributed by atoms with Crippen molar-refractivity contribution in [3.05, 3.63) is 60.7 Å². The standard InChI is InChI=1S/2C5H5.2FH.Ti/c2*1-2-4-5-3-1;;;/h2*1-5H;2*1H;/q2*-1;;;+2/p-2. The van der Waals surface area contributed by atoms with Crippen LogP contribution in [0.4, 0.5) is 6.18 Å². The summed E-state index contributed by atoms with van der Waals surface area (Å²) >= 11 is -2.50. The summed E-state index contributed by atoms with van der Waals surface area (Å²) in [5.74, 6) is 0. The molecule has 0 aliphatic carbocycles. The van der Waals surface area contributed by atoms with Gasteiger partial charge in [0.05, 0.1) is 0 Å². The van der Waals surface area contributed by atoms with Gasteiger partial charge in [-0.05, 0) is 0 Å². The average molecular weight is 216 g/mol. The van der Waals surface area contributed by atoms with Crippen molar-refractivity contribution in [2.24, 2.45) is 0 Å². The van der Waals surface area contributed by atoms with Crippen molar-refractivity contribution in [3.8, 4) is 0 Å². The van der Waals surface area contributed by atoms with E-state index in [0.29, 0.717) is 0 Å². The summed E-state index contributed by atoms with van der Waals surface area (Å²) < 4.78 is 19.5. The number of rotatable bonds is 0. The van der Waals surface area contributed by atoms with Crippen LogP contribution < -0.4 is 0 Å². The van der Waals surface area contributed by atoms with Crippen molar-refractivity contribution in [2.45, 2.75) is 0 Å². The quantitative estimate of drug-likeness (QED) is 0.465. The van der Waals surface area contributed by atoms with E-state index >= 15 is 0 Å². The molecule has 0 fully saturated rings. The molecule has 0 aliphatic rings. The first-order valence-electron chi connectivity index (χ1n) is 3.71. The molecule has 0 radical (unpaired) electrons. The molecule has 0 unspecified atom stereocenters. The third kappa shape index (κ3) is 11.3. The van der Waals surface area contributed by atoms with Gasteiger partial charge in [-0.15, -0.1) is 0 Å². The Morgan fingerprint density at radius 2 is 0.923 bits per heavy atom. The predicted octanol–water partition coefficient (Wildman–Crippen LogP) is 3.65. The van der Waals surface area contributed by atoms with Gasteiger partial charge in [-0.1, -0.05) is 0 Å². The minimum Gasteiger partial charge on any atom is -0.214 e. The Hall–Kier alpha value is -0.726. The summed E-state index contributed by atoms with van der Waals surface area (Å²) in [7, 11) is 0. The van der Waals surface area contributed by atoms with Gasteiger partial charge in [-0.2, -0.15) is 36.4 Å². The van der Waals surface area contributed by atoms with E-state index < -0.39 is 20.2 Å². The van der Waals surface area contributed by atoms with Crippen LogP contribution >= 0.6 is 0 Å². The zero-order valence-corrected chi connectivity index (χ0v) is 8.59. The van der Waals surface area contributed by atoms with E-state index in [1.807, 2.05) is 60.7 Å². The number of hydrogen-bond acceptors (Lipinski definition) is 0. The first kappa shape index (κ1) is 12.3. The Bertz CT molecular complexity index is 165. The molecule has 0 saturated carbocycles. The zero-order valence-electron chi connectivity index (χ0n) is 7.03. The van der Waals surface area contributed by atoms with Crippen LogP contribution in [0.15, 0.2) is 60.7 Å². The molecular weight excluding hydrogens is 206 g/mol. The van der Waals surface area contributed by atoms with Gasteiger partial charge in [0, 0.05) is 0 Å². The zero-order chi connectivity index (χ0) is 9.78. The van der Waals surface area contributed by atoms with E-state index in [1.54, 1.807) is 0 Å². The van der Waals surface area contributed by atoms with Gasteiger partial charge in [0.1, 0.15) is 0 Å². The van der Waals surface area contributed by atoms with Crippen LogP contribution in [0.25, 0.3) is 0 Å². The van der Waals surface area contributed by atoms with E-state index in [1.165, 1.54) is 0 Å². The topological polar surface area (TPSA) is 0 Å². The van der Waals surface area contributed by atoms with Crippen LogP contribution in [0.1, 0.15) is 0 Å². The van der Waals surface area contributed by atoms with Gasteiger partial charge in [0.2, 0.25) is 0 Å². The molecule has 13 heavy (non-hydrogen) atoms. The van der Waals surface area contributed by atoms with E-state index in [9.17, 15) is 6.18 Å². The molecule has 0 spiro atoms. The Kier molecular flexibility index (Phi) is 10.6. The largest absolute Gasteiger partial charge is 0.214 e. The van der Waals surface area contributed by atoms with E-state index in [2.05, 4.69) is 0 Å². The van der Waals surface area contributed by atoms with Crippen LogP contribution in [-0.2, 0) is 20.2 Å². The van der Waals surface area contributed by atoms with Crippen molar-refractivity contribution in [1.82, 2.24) is 0 Å². The van der Waals surface area contributed by atoms with Crippen molar-refractivity contribution in [1.29, 1.82) is 0 Å². The van der Waals surface area contributed by atoms with Gasteiger partial charge in [0.25, 0.3) is 0 Å². The third-order valence-electron chi connectivity index (χ3n) is 1.11. The summed E-state index contributed by atoms with van der Waals surface area (Å²) in [5.41, 5.74) is 0. The normalized spacial score (nSPS) is 7.23. The van der Waals surface area contributed by atoms with E-state index in [0.717, 1.165) is 0 Å². The molecule has 2 aromatic rings. The maximum Gasteiger partial charge on any atom is -0.172 e. The molecule has 70 valence electrons. The second-order valence-corrected chi connectivity index (χ2v) is 2.22. The second kappa shape index (κ2) is 11.3. The number of halogens is 2. The SMILES string of the molecule is [F][Ti][F].c1cc[cH-]c1.c1cc[cH-]c1. The van der Waals surface area contributed by atoms with Gasteiger partial charge in [-0.3, -0.25) is 0 Å². The monoisotopic (exact) mass is 216 g/mol. The molecule has 0 N–H and O–H groups in total. The fourth-order valence-corrected chi connectivity index (χ4v) is 0.642. The molecular formula is C10H10F2Ti-2. The van der Waals surface area contributed by atoms with Gasteiger partial charge < -0.3 is 0 Å². The van der Waals surface area contributed by atoms with E-state index in [4.69, 9.17) is 0 Å². The molecule has 0 atom stereocenters. The molecule has 0 heterocycles. The molecule has 2 aromatic carbocycles. The van der Waals surface area contributed by atoms with E-state index in [-0.39, 0.29) is 0 Å². The number of hydrogen-bond donors (Lipinski definition) is 0. The molecule has 3 heteroatoms. The summed E-state index contributed by atoms with van der Waals surface area (Å²) in [6, 6.07) is 20.0. The summed E-state index contributed by atoms with van der Waals surface area (Å²) in [4.78, 5) is 0. The fraction of sp³-hybridized carbons (Fsp3) is 0. The summed E-state index contributed by atoms with van der Waals surface area (Å²) in [6.45, 7) is 0. The minimum atomic E-state index is -2.50. The van der Waals surface area contributed by atoms with Crippen LogP contribution in [-0.4, -0.2) is 0 Å². The molecule has 0 bridgehead atoms. The molecule has 2 rings (SSSR count). The first-order chi connectivity index (χ1) is 6.41. The van der Waals surface area contributed by atoms with Crippen LogP contribution in [0.3, 0.4) is 0 Å². The molecule has 0 saturated heterocycles. The van der Waals surface area contributed by atoms with Gasteiger partial charge in [0.15, 0.2) is 0 Å².